The number of nitrogens with one attached hydrogen (secondary N) is 1. The Morgan fingerprint density at radius 1 is 1.14 bits per heavy atom. The molecule has 2 atom stereocenters. The molecule has 0 aromatic carbocycles. The second kappa shape index (κ2) is 5.41. The monoisotopic (exact) mass is 213 g/mol. The smallest absolute Gasteiger partial charge is 0.0168 e. The first-order valence-corrected chi connectivity index (χ1v) is 7.35. The molecule has 2 rings (SSSR count). The van der Waals surface area contributed by atoms with Crippen LogP contribution in [-0.2, 0) is 0 Å². The summed E-state index contributed by atoms with van der Waals surface area (Å²) in [6, 6.07) is 1.58. The molecular weight excluding hydrogens is 190 g/mol. The molecule has 1 heterocycles. The topological polar surface area (TPSA) is 12.0 Å². The van der Waals surface area contributed by atoms with Gasteiger partial charge in [0.05, 0.1) is 0 Å². The maximum atomic E-state index is 3.83. The van der Waals surface area contributed by atoms with E-state index in [4.69, 9.17) is 0 Å². The van der Waals surface area contributed by atoms with Crippen molar-refractivity contribution in [3.05, 3.63) is 0 Å². The lowest BCUT2D eigenvalue weighted by Crippen LogP contribution is -2.41. The van der Waals surface area contributed by atoms with E-state index in [1.807, 2.05) is 0 Å². The van der Waals surface area contributed by atoms with Gasteiger partial charge in [0, 0.05) is 17.8 Å². The standard InChI is InChI=1S/C12H23NS/c1-10(11-5-3-2-4-6-11)13-12-7-8-14-9-12/h10-13H,2-9H2,1H3/t10-,12?/m0/s1. The van der Waals surface area contributed by atoms with Crippen LogP contribution in [0.3, 0.4) is 0 Å². The largest absolute Gasteiger partial charge is 0.310 e. The third-order valence-corrected chi connectivity index (χ3v) is 4.95. The Bertz CT molecular complexity index is 160. The Kier molecular flexibility index (Phi) is 4.18. The molecule has 1 unspecified atom stereocenters. The molecule has 1 aliphatic carbocycles. The average Bonchev–Trinajstić information content (AvgIpc) is 2.72. The van der Waals surface area contributed by atoms with Gasteiger partial charge in [-0.3, -0.25) is 0 Å². The molecule has 1 saturated carbocycles. The highest BCUT2D eigenvalue weighted by atomic mass is 32.2. The van der Waals surface area contributed by atoms with E-state index in [9.17, 15) is 0 Å². The Morgan fingerprint density at radius 3 is 2.57 bits per heavy atom. The Morgan fingerprint density at radius 2 is 1.93 bits per heavy atom. The van der Waals surface area contributed by atoms with E-state index in [0.29, 0.717) is 0 Å². The summed E-state index contributed by atoms with van der Waals surface area (Å²) in [4.78, 5) is 0. The summed E-state index contributed by atoms with van der Waals surface area (Å²) in [5.41, 5.74) is 0. The van der Waals surface area contributed by atoms with E-state index in [1.54, 1.807) is 0 Å². The van der Waals surface area contributed by atoms with Gasteiger partial charge in [0.1, 0.15) is 0 Å². The van der Waals surface area contributed by atoms with E-state index in [-0.39, 0.29) is 0 Å². The minimum atomic E-state index is 0.763. The lowest BCUT2D eigenvalue weighted by molar-refractivity contribution is 0.268. The summed E-state index contributed by atoms with van der Waals surface area (Å²) in [6.45, 7) is 2.40. The predicted molar refractivity (Wildman–Crippen MR) is 64.9 cm³/mol. The van der Waals surface area contributed by atoms with Gasteiger partial charge in [0.25, 0.3) is 0 Å². The van der Waals surface area contributed by atoms with Crippen molar-refractivity contribution in [1.29, 1.82) is 0 Å². The molecule has 0 amide bonds. The summed E-state index contributed by atoms with van der Waals surface area (Å²) < 4.78 is 0. The second-order valence-corrected chi connectivity index (χ2v) is 6.06. The van der Waals surface area contributed by atoms with Crippen molar-refractivity contribution >= 4 is 11.8 Å². The summed E-state index contributed by atoms with van der Waals surface area (Å²) >= 11 is 2.11. The van der Waals surface area contributed by atoms with E-state index >= 15 is 0 Å². The fraction of sp³-hybridized carbons (Fsp3) is 1.00. The molecule has 0 bridgehead atoms. The van der Waals surface area contributed by atoms with Crippen LogP contribution in [0.5, 0.6) is 0 Å². The summed E-state index contributed by atoms with van der Waals surface area (Å²) in [7, 11) is 0. The van der Waals surface area contributed by atoms with Gasteiger partial charge in [0.2, 0.25) is 0 Å². The minimum absolute atomic E-state index is 0.763. The highest BCUT2D eigenvalue weighted by molar-refractivity contribution is 7.99. The van der Waals surface area contributed by atoms with Crippen molar-refractivity contribution < 1.29 is 0 Å². The first kappa shape index (κ1) is 10.8. The molecule has 0 aromatic rings. The van der Waals surface area contributed by atoms with Crippen LogP contribution in [0.15, 0.2) is 0 Å². The van der Waals surface area contributed by atoms with Gasteiger partial charge in [0.15, 0.2) is 0 Å². The van der Waals surface area contributed by atoms with Crippen molar-refractivity contribution in [1.82, 2.24) is 5.32 Å². The molecule has 1 nitrogen and oxygen atoms in total. The minimum Gasteiger partial charge on any atom is -0.310 e. The first-order chi connectivity index (χ1) is 6.86. The third-order valence-electron chi connectivity index (χ3n) is 3.79. The molecule has 1 saturated heterocycles. The Balaban J connectivity index is 1.72. The van der Waals surface area contributed by atoms with Gasteiger partial charge in [-0.15, -0.1) is 0 Å². The quantitative estimate of drug-likeness (QED) is 0.773. The van der Waals surface area contributed by atoms with Crippen LogP contribution in [0.4, 0.5) is 0 Å². The summed E-state index contributed by atoms with van der Waals surface area (Å²) in [5.74, 6) is 3.68. The van der Waals surface area contributed by atoms with Crippen molar-refractivity contribution in [2.24, 2.45) is 5.92 Å². The van der Waals surface area contributed by atoms with Crippen LogP contribution in [-0.4, -0.2) is 23.6 Å². The molecule has 14 heavy (non-hydrogen) atoms. The Labute approximate surface area is 92.4 Å². The fourth-order valence-electron chi connectivity index (χ4n) is 2.81. The predicted octanol–water partition coefficient (Wildman–Crippen LogP) is 3.05. The molecule has 2 heteroatoms. The van der Waals surface area contributed by atoms with Crippen LogP contribution < -0.4 is 5.32 Å². The molecule has 0 radical (unpaired) electrons. The highest BCUT2D eigenvalue weighted by Gasteiger charge is 2.23. The molecule has 82 valence electrons. The van der Waals surface area contributed by atoms with Crippen molar-refractivity contribution in [3.8, 4) is 0 Å². The van der Waals surface area contributed by atoms with Gasteiger partial charge >= 0.3 is 0 Å². The van der Waals surface area contributed by atoms with E-state index in [0.717, 1.165) is 18.0 Å². The molecule has 0 aromatic heterocycles. The molecule has 2 aliphatic rings. The first-order valence-electron chi connectivity index (χ1n) is 6.20. The number of thioether (sulfide) groups is 1. The van der Waals surface area contributed by atoms with Gasteiger partial charge < -0.3 is 5.32 Å². The zero-order valence-corrected chi connectivity index (χ0v) is 10.1. The third kappa shape index (κ3) is 2.90. The molecule has 0 spiro atoms. The van der Waals surface area contributed by atoms with Crippen molar-refractivity contribution in [3.63, 3.8) is 0 Å². The average molecular weight is 213 g/mol. The van der Waals surface area contributed by atoms with E-state index < -0.39 is 0 Å². The van der Waals surface area contributed by atoms with Crippen LogP contribution in [0.25, 0.3) is 0 Å². The van der Waals surface area contributed by atoms with E-state index in [1.165, 1.54) is 50.0 Å². The fourth-order valence-corrected chi connectivity index (χ4v) is 3.97. The maximum Gasteiger partial charge on any atom is 0.0168 e. The number of hydrogen-bond donors (Lipinski definition) is 1. The van der Waals surface area contributed by atoms with Crippen LogP contribution in [0.2, 0.25) is 0 Å². The SMILES string of the molecule is C[C@H](NC1CCSC1)C1CCCCC1. The zero-order chi connectivity index (χ0) is 9.80. The second-order valence-electron chi connectivity index (χ2n) is 4.91. The van der Waals surface area contributed by atoms with Gasteiger partial charge in [-0.05, 0) is 37.9 Å². The molecule has 2 fully saturated rings. The van der Waals surface area contributed by atoms with Gasteiger partial charge in [-0.1, -0.05) is 19.3 Å². The van der Waals surface area contributed by atoms with Crippen molar-refractivity contribution in [2.45, 2.75) is 57.5 Å². The normalized spacial score (nSPS) is 31.9. The van der Waals surface area contributed by atoms with Crippen molar-refractivity contribution in [2.75, 3.05) is 11.5 Å². The summed E-state index contributed by atoms with van der Waals surface area (Å²) in [6.07, 6.45) is 8.73. The molecular formula is C12H23NS. The number of hydrogen-bond acceptors (Lipinski definition) is 2. The Hall–Kier alpha value is 0.310. The lowest BCUT2D eigenvalue weighted by atomic mass is 9.84. The van der Waals surface area contributed by atoms with Crippen LogP contribution >= 0.6 is 11.8 Å². The molecule has 1 N–H and O–H groups in total. The summed E-state index contributed by atoms with van der Waals surface area (Å²) in [5, 5.41) is 3.83. The number of rotatable bonds is 3. The van der Waals surface area contributed by atoms with Crippen LogP contribution in [0.1, 0.15) is 45.4 Å². The van der Waals surface area contributed by atoms with Gasteiger partial charge in [-0.25, -0.2) is 0 Å². The zero-order valence-electron chi connectivity index (χ0n) is 9.30. The lowest BCUT2D eigenvalue weighted by Gasteiger charge is -2.30. The highest BCUT2D eigenvalue weighted by Crippen LogP contribution is 2.27. The molecule has 1 aliphatic heterocycles. The maximum absolute atomic E-state index is 3.83. The van der Waals surface area contributed by atoms with E-state index in [2.05, 4.69) is 24.0 Å². The van der Waals surface area contributed by atoms with Crippen LogP contribution in [0, 0.1) is 5.92 Å². The van der Waals surface area contributed by atoms with Gasteiger partial charge in [-0.2, -0.15) is 11.8 Å².